The number of likely N-dealkylation sites (N-methyl/N-ethyl adjacent to an activating group) is 1. The molecule has 4 amide bonds. The normalized spacial score (nSPS) is 19.8. The molecule has 0 saturated carbocycles. The van der Waals surface area contributed by atoms with Gasteiger partial charge in [0.05, 0.1) is 7.05 Å². The van der Waals surface area contributed by atoms with E-state index in [0.29, 0.717) is 23.6 Å². The number of hydrazine groups is 1. The van der Waals surface area contributed by atoms with Crippen molar-refractivity contribution in [1.29, 1.82) is 0 Å². The fraction of sp³-hybridized carbons (Fsp3) is 0.286. The minimum Gasteiger partial charge on any atom is -0.326 e. The number of hydrogen-bond acceptors (Lipinski definition) is 3. The monoisotopic (exact) mass is 415 g/mol. The summed E-state index contributed by atoms with van der Waals surface area (Å²) in [5, 5.41) is 4.15. The molecule has 0 aliphatic carbocycles. The van der Waals surface area contributed by atoms with Crippen LogP contribution in [0.4, 0.5) is 4.79 Å². The first-order valence-electron chi connectivity index (χ1n) is 9.44. The molecule has 152 valence electrons. The largest absolute Gasteiger partial charge is 0.344 e. The average molecular weight is 416 g/mol. The summed E-state index contributed by atoms with van der Waals surface area (Å²) in [5.41, 5.74) is 2.87. The van der Waals surface area contributed by atoms with Crippen LogP contribution in [0.1, 0.15) is 24.5 Å². The highest BCUT2D eigenvalue weighted by Crippen LogP contribution is 2.31. The highest BCUT2D eigenvalue weighted by atomic mass is 35.5. The number of benzene rings is 2. The van der Waals surface area contributed by atoms with Crippen LogP contribution in [0, 0.1) is 0 Å². The lowest BCUT2D eigenvalue weighted by atomic mass is 9.87. The van der Waals surface area contributed by atoms with Crippen LogP contribution >= 0.6 is 11.6 Å². The van der Waals surface area contributed by atoms with Crippen LogP contribution in [0.3, 0.4) is 0 Å². The van der Waals surface area contributed by atoms with Crippen LogP contribution in [0.2, 0.25) is 5.02 Å². The highest BCUT2D eigenvalue weighted by Gasteiger charge is 2.52. The van der Waals surface area contributed by atoms with Crippen molar-refractivity contribution in [2.75, 3.05) is 13.6 Å². The first-order chi connectivity index (χ1) is 13.9. The first-order valence-corrected chi connectivity index (χ1v) is 9.81. The van der Waals surface area contributed by atoms with Crippen molar-refractivity contribution in [1.82, 2.24) is 15.8 Å². The third-order valence-corrected chi connectivity index (χ3v) is 5.41. The maximum absolute atomic E-state index is 13.0. The highest BCUT2D eigenvalue weighted by molar-refractivity contribution is 6.31. The van der Waals surface area contributed by atoms with Gasteiger partial charge in [-0.15, -0.1) is 0 Å². The van der Waals surface area contributed by atoms with Crippen molar-refractivity contribution < 1.29 is 19.3 Å². The van der Waals surface area contributed by atoms with E-state index in [-0.39, 0.29) is 6.54 Å². The fourth-order valence-electron chi connectivity index (χ4n) is 3.51. The summed E-state index contributed by atoms with van der Waals surface area (Å²) >= 11 is 6.17. The van der Waals surface area contributed by atoms with Gasteiger partial charge in [-0.05, 0) is 18.1 Å². The Morgan fingerprint density at radius 1 is 1.14 bits per heavy atom. The molecular weight excluding hydrogens is 392 g/mol. The summed E-state index contributed by atoms with van der Waals surface area (Å²) in [6.45, 7) is 2.43. The molecule has 1 unspecified atom stereocenters. The second-order valence-electron chi connectivity index (χ2n) is 7.13. The number of halogens is 1. The van der Waals surface area contributed by atoms with Gasteiger partial charge in [-0.25, -0.2) is 4.79 Å². The van der Waals surface area contributed by atoms with E-state index in [9.17, 15) is 14.4 Å². The van der Waals surface area contributed by atoms with E-state index in [0.717, 1.165) is 15.5 Å². The zero-order valence-corrected chi connectivity index (χ0v) is 17.1. The van der Waals surface area contributed by atoms with Crippen molar-refractivity contribution in [3.63, 3.8) is 0 Å². The molecule has 1 aliphatic rings. The number of hydrogen-bond donors (Lipinski definition) is 3. The predicted octanol–water partition coefficient (Wildman–Crippen LogP) is 1.24. The van der Waals surface area contributed by atoms with Gasteiger partial charge in [0.1, 0.15) is 12.1 Å². The minimum atomic E-state index is -1.18. The van der Waals surface area contributed by atoms with E-state index >= 15 is 0 Å². The Kier molecular flexibility index (Phi) is 6.20. The van der Waals surface area contributed by atoms with Gasteiger partial charge in [0.25, 0.3) is 11.8 Å². The SMILES string of the molecule is CC[C@@]1(c2ccccc2)NC(=O)N(NC(=O)C[NH+](C)Cc2ccccc2Cl)C1=O. The topological polar surface area (TPSA) is 83.0 Å². The predicted molar refractivity (Wildman–Crippen MR) is 109 cm³/mol. The van der Waals surface area contributed by atoms with E-state index in [1.54, 1.807) is 30.3 Å². The molecule has 1 aliphatic heterocycles. The smallest absolute Gasteiger partial charge is 0.326 e. The van der Waals surface area contributed by atoms with Gasteiger partial charge in [-0.1, -0.05) is 67.1 Å². The van der Waals surface area contributed by atoms with Crippen LogP contribution in [-0.4, -0.2) is 36.4 Å². The van der Waals surface area contributed by atoms with Crippen LogP contribution < -0.4 is 15.6 Å². The molecule has 8 heteroatoms. The van der Waals surface area contributed by atoms with Crippen molar-refractivity contribution in [2.24, 2.45) is 0 Å². The summed E-state index contributed by atoms with van der Waals surface area (Å²) < 4.78 is 0. The van der Waals surface area contributed by atoms with Gasteiger partial charge in [0, 0.05) is 10.6 Å². The van der Waals surface area contributed by atoms with Crippen LogP contribution in [0.15, 0.2) is 54.6 Å². The molecule has 3 rings (SSSR count). The lowest BCUT2D eigenvalue weighted by Gasteiger charge is -2.25. The van der Waals surface area contributed by atoms with Gasteiger partial charge >= 0.3 is 6.03 Å². The first kappa shape index (κ1) is 20.8. The summed E-state index contributed by atoms with van der Waals surface area (Å²) in [5.74, 6) is -0.925. The molecule has 1 fully saturated rings. The number of rotatable bonds is 7. The van der Waals surface area contributed by atoms with E-state index in [4.69, 9.17) is 11.6 Å². The molecule has 2 aromatic carbocycles. The van der Waals surface area contributed by atoms with Crippen LogP contribution in [0.5, 0.6) is 0 Å². The maximum Gasteiger partial charge on any atom is 0.344 e. The van der Waals surface area contributed by atoms with Crippen LogP contribution in [-0.2, 0) is 21.7 Å². The molecule has 29 heavy (non-hydrogen) atoms. The Balaban J connectivity index is 1.66. The number of quaternary nitrogens is 1. The third kappa shape index (κ3) is 4.26. The van der Waals surface area contributed by atoms with Crippen molar-refractivity contribution in [2.45, 2.75) is 25.4 Å². The van der Waals surface area contributed by atoms with Gasteiger partial charge in [-0.3, -0.25) is 15.0 Å². The molecule has 0 aromatic heterocycles. The van der Waals surface area contributed by atoms with Crippen LogP contribution in [0.25, 0.3) is 0 Å². The number of amides is 4. The summed E-state index contributed by atoms with van der Waals surface area (Å²) in [6.07, 6.45) is 0.367. The van der Waals surface area contributed by atoms with Gasteiger partial charge in [-0.2, -0.15) is 5.01 Å². The number of carbonyl (C=O) groups is 3. The zero-order chi connectivity index (χ0) is 21.0. The quantitative estimate of drug-likeness (QED) is 0.595. The lowest BCUT2D eigenvalue weighted by molar-refractivity contribution is -0.885. The summed E-state index contributed by atoms with van der Waals surface area (Å²) in [4.78, 5) is 38.8. The van der Waals surface area contributed by atoms with E-state index in [1.807, 2.05) is 38.2 Å². The van der Waals surface area contributed by atoms with Crippen molar-refractivity contribution in [3.05, 3.63) is 70.7 Å². The molecule has 3 N–H and O–H groups in total. The van der Waals surface area contributed by atoms with Crippen molar-refractivity contribution in [3.8, 4) is 0 Å². The van der Waals surface area contributed by atoms with E-state index < -0.39 is 23.4 Å². The van der Waals surface area contributed by atoms with Gasteiger partial charge in [0.2, 0.25) is 0 Å². The molecular formula is C21H24ClN4O3+. The fourth-order valence-corrected chi connectivity index (χ4v) is 3.71. The zero-order valence-electron chi connectivity index (χ0n) is 16.4. The molecule has 1 saturated heterocycles. The third-order valence-electron chi connectivity index (χ3n) is 5.04. The summed E-state index contributed by atoms with van der Waals surface area (Å²) in [7, 11) is 1.84. The standard InChI is InChI=1S/C21H23ClN4O3/c1-3-21(16-10-5-4-6-11-16)19(28)26(20(29)23-21)24-18(27)14-25(2)13-15-9-7-8-12-17(15)22/h4-12H,3,13-14H2,1-2H3,(H,23,29)(H,24,27)/p+1/t21-/m0/s1. The Labute approximate surface area is 174 Å². The van der Waals surface area contributed by atoms with E-state index in [1.165, 1.54) is 0 Å². The lowest BCUT2D eigenvalue weighted by Crippen LogP contribution is -3.09. The Morgan fingerprint density at radius 3 is 2.45 bits per heavy atom. The van der Waals surface area contributed by atoms with E-state index in [2.05, 4.69) is 10.7 Å². The second-order valence-corrected chi connectivity index (χ2v) is 7.54. The Morgan fingerprint density at radius 2 is 1.79 bits per heavy atom. The number of carbonyl (C=O) groups excluding carboxylic acids is 3. The molecule has 2 atom stereocenters. The van der Waals surface area contributed by atoms with Gasteiger partial charge < -0.3 is 10.2 Å². The Bertz CT molecular complexity index is 921. The molecule has 0 bridgehead atoms. The molecule has 2 aromatic rings. The molecule has 1 heterocycles. The number of nitrogens with one attached hydrogen (secondary N) is 3. The van der Waals surface area contributed by atoms with Crippen molar-refractivity contribution >= 4 is 29.4 Å². The second kappa shape index (κ2) is 8.63. The molecule has 0 radical (unpaired) electrons. The average Bonchev–Trinajstić information content (AvgIpc) is 2.95. The summed E-state index contributed by atoms with van der Waals surface area (Å²) in [6, 6.07) is 15.8. The molecule has 0 spiro atoms. The number of nitrogens with zero attached hydrogens (tertiary/aromatic N) is 1. The number of imide groups is 1. The number of urea groups is 1. The van der Waals surface area contributed by atoms with Gasteiger partial charge in [0.15, 0.2) is 6.54 Å². The maximum atomic E-state index is 13.0. The Hall–Kier alpha value is -2.90. The minimum absolute atomic E-state index is 0.0761. The molecule has 7 nitrogen and oxygen atoms in total.